The Bertz CT molecular complexity index is 496. The molecule has 0 saturated carbocycles. The number of nitrogens with two attached hydrogens (primary N) is 2. The molecular formula is C16H18N2O. The first-order chi connectivity index (χ1) is 9.19. The molecule has 2 aromatic rings. The fourth-order valence-electron chi connectivity index (χ4n) is 2.58. The minimum Gasteiger partial charge on any atom is -0.370 e. The van der Waals surface area contributed by atoms with Crippen molar-refractivity contribution in [1.82, 2.24) is 0 Å². The van der Waals surface area contributed by atoms with E-state index in [1.807, 2.05) is 36.4 Å². The van der Waals surface area contributed by atoms with Crippen LogP contribution in [0.4, 0.5) is 0 Å². The zero-order chi connectivity index (χ0) is 13.3. The average Bonchev–Trinajstić information content (AvgIpc) is 3.26. The molecule has 1 aliphatic rings. The summed E-state index contributed by atoms with van der Waals surface area (Å²) in [6.45, 7) is 0.642. The van der Waals surface area contributed by atoms with Crippen molar-refractivity contribution in [3.8, 4) is 0 Å². The molecule has 0 aromatic heterocycles. The van der Waals surface area contributed by atoms with Gasteiger partial charge in [-0.3, -0.25) is 0 Å². The smallest absolute Gasteiger partial charge is 0.113 e. The standard InChI is InChI=1S/C16H18N2O/c17-16(18,14-11-19-14)15(12-7-3-1-4-8-12)13-9-5-2-6-10-13/h1-10,14-15H,11,17-18H2. The van der Waals surface area contributed by atoms with Gasteiger partial charge in [0.05, 0.1) is 6.61 Å². The van der Waals surface area contributed by atoms with Gasteiger partial charge in [-0.05, 0) is 11.1 Å². The number of hydrogen-bond acceptors (Lipinski definition) is 3. The summed E-state index contributed by atoms with van der Waals surface area (Å²) in [7, 11) is 0. The van der Waals surface area contributed by atoms with Gasteiger partial charge < -0.3 is 16.2 Å². The molecule has 3 heteroatoms. The second-order valence-corrected chi connectivity index (χ2v) is 5.08. The summed E-state index contributed by atoms with van der Waals surface area (Å²) in [4.78, 5) is 0. The van der Waals surface area contributed by atoms with Gasteiger partial charge in [-0.1, -0.05) is 60.7 Å². The fraction of sp³-hybridized carbons (Fsp3) is 0.250. The fourth-order valence-corrected chi connectivity index (χ4v) is 2.58. The summed E-state index contributed by atoms with van der Waals surface area (Å²) >= 11 is 0. The van der Waals surface area contributed by atoms with Crippen molar-refractivity contribution in [2.24, 2.45) is 11.5 Å². The van der Waals surface area contributed by atoms with E-state index in [1.165, 1.54) is 0 Å². The molecule has 3 rings (SSSR count). The van der Waals surface area contributed by atoms with Crippen LogP contribution in [0.25, 0.3) is 0 Å². The molecule has 1 unspecified atom stereocenters. The maximum Gasteiger partial charge on any atom is 0.113 e. The quantitative estimate of drug-likeness (QED) is 0.646. The topological polar surface area (TPSA) is 64.6 Å². The average molecular weight is 254 g/mol. The highest BCUT2D eigenvalue weighted by Gasteiger charge is 2.47. The van der Waals surface area contributed by atoms with Crippen LogP contribution in [-0.4, -0.2) is 18.4 Å². The van der Waals surface area contributed by atoms with E-state index in [4.69, 9.17) is 16.2 Å². The molecule has 1 fully saturated rings. The van der Waals surface area contributed by atoms with Gasteiger partial charge in [-0.2, -0.15) is 0 Å². The van der Waals surface area contributed by atoms with Crippen LogP contribution in [0.1, 0.15) is 17.0 Å². The van der Waals surface area contributed by atoms with Crippen molar-refractivity contribution in [3.05, 3.63) is 71.8 Å². The number of hydrogen-bond donors (Lipinski definition) is 2. The molecule has 1 aliphatic heterocycles. The minimum absolute atomic E-state index is 0.0672. The van der Waals surface area contributed by atoms with Crippen molar-refractivity contribution in [1.29, 1.82) is 0 Å². The summed E-state index contributed by atoms with van der Waals surface area (Å²) in [5, 5.41) is 0. The third kappa shape index (κ3) is 2.40. The maximum atomic E-state index is 6.38. The van der Waals surface area contributed by atoms with Crippen LogP contribution in [0.5, 0.6) is 0 Å². The molecule has 1 saturated heterocycles. The van der Waals surface area contributed by atoms with E-state index < -0.39 is 5.66 Å². The normalized spacial score (nSPS) is 18.6. The molecule has 0 spiro atoms. The van der Waals surface area contributed by atoms with Gasteiger partial charge in [-0.25, -0.2) is 0 Å². The van der Waals surface area contributed by atoms with E-state index in [9.17, 15) is 0 Å². The second-order valence-electron chi connectivity index (χ2n) is 5.08. The minimum atomic E-state index is -0.886. The number of epoxide rings is 1. The summed E-state index contributed by atoms with van der Waals surface area (Å²) in [5.41, 5.74) is 14.1. The molecule has 98 valence electrons. The Kier molecular flexibility index (Phi) is 3.11. The predicted octanol–water partition coefficient (Wildman–Crippen LogP) is 1.83. The Labute approximate surface area is 113 Å². The highest BCUT2D eigenvalue weighted by atomic mass is 16.6. The molecule has 4 N–H and O–H groups in total. The van der Waals surface area contributed by atoms with Crippen molar-refractivity contribution in [2.75, 3.05) is 6.61 Å². The molecule has 19 heavy (non-hydrogen) atoms. The SMILES string of the molecule is NC(N)(C1CO1)C(c1ccccc1)c1ccccc1. The molecule has 1 heterocycles. The summed E-state index contributed by atoms with van der Waals surface area (Å²) in [5.74, 6) is -0.0672. The predicted molar refractivity (Wildman–Crippen MR) is 75.6 cm³/mol. The number of benzene rings is 2. The molecule has 0 bridgehead atoms. The van der Waals surface area contributed by atoms with Gasteiger partial charge in [0.1, 0.15) is 11.8 Å². The zero-order valence-corrected chi connectivity index (χ0v) is 10.7. The van der Waals surface area contributed by atoms with Crippen LogP contribution >= 0.6 is 0 Å². The molecule has 2 aromatic carbocycles. The summed E-state index contributed by atoms with van der Waals surface area (Å²) in [6.07, 6.45) is -0.0714. The lowest BCUT2D eigenvalue weighted by atomic mass is 9.80. The first-order valence-electron chi connectivity index (χ1n) is 6.49. The highest BCUT2D eigenvalue weighted by molar-refractivity contribution is 5.37. The van der Waals surface area contributed by atoms with Gasteiger partial charge in [-0.15, -0.1) is 0 Å². The van der Waals surface area contributed by atoms with E-state index in [2.05, 4.69) is 24.3 Å². The Hall–Kier alpha value is -1.68. The van der Waals surface area contributed by atoms with Crippen molar-refractivity contribution < 1.29 is 4.74 Å². The van der Waals surface area contributed by atoms with Crippen molar-refractivity contribution in [3.63, 3.8) is 0 Å². The Morgan fingerprint density at radius 2 is 1.32 bits per heavy atom. The van der Waals surface area contributed by atoms with E-state index in [0.717, 1.165) is 11.1 Å². The van der Waals surface area contributed by atoms with Crippen molar-refractivity contribution >= 4 is 0 Å². The van der Waals surface area contributed by atoms with Crippen LogP contribution < -0.4 is 11.5 Å². The highest BCUT2D eigenvalue weighted by Crippen LogP contribution is 2.36. The summed E-state index contributed by atoms with van der Waals surface area (Å²) < 4.78 is 5.35. The third-order valence-corrected chi connectivity index (χ3v) is 3.66. The molecule has 3 nitrogen and oxygen atoms in total. The lowest BCUT2D eigenvalue weighted by Crippen LogP contribution is -2.59. The molecule has 0 aliphatic carbocycles. The lowest BCUT2D eigenvalue weighted by Gasteiger charge is -2.33. The van der Waals surface area contributed by atoms with Crippen LogP contribution in [0.2, 0.25) is 0 Å². The van der Waals surface area contributed by atoms with Crippen LogP contribution in [-0.2, 0) is 4.74 Å². The van der Waals surface area contributed by atoms with E-state index in [1.54, 1.807) is 0 Å². The van der Waals surface area contributed by atoms with Crippen LogP contribution in [0, 0.1) is 0 Å². The number of ether oxygens (including phenoxy) is 1. The maximum absolute atomic E-state index is 6.38. The van der Waals surface area contributed by atoms with Crippen LogP contribution in [0.15, 0.2) is 60.7 Å². The lowest BCUT2D eigenvalue weighted by molar-refractivity contribution is 0.268. The van der Waals surface area contributed by atoms with Gasteiger partial charge in [0.25, 0.3) is 0 Å². The Morgan fingerprint density at radius 1 is 0.895 bits per heavy atom. The largest absolute Gasteiger partial charge is 0.370 e. The molecular weight excluding hydrogens is 236 g/mol. The van der Waals surface area contributed by atoms with Crippen LogP contribution in [0.3, 0.4) is 0 Å². The zero-order valence-electron chi connectivity index (χ0n) is 10.7. The third-order valence-electron chi connectivity index (χ3n) is 3.66. The Balaban J connectivity index is 2.06. The van der Waals surface area contributed by atoms with E-state index >= 15 is 0 Å². The van der Waals surface area contributed by atoms with Gasteiger partial charge >= 0.3 is 0 Å². The second kappa shape index (κ2) is 4.78. The first-order valence-corrected chi connectivity index (χ1v) is 6.49. The van der Waals surface area contributed by atoms with Gasteiger partial charge in [0.2, 0.25) is 0 Å². The molecule has 0 amide bonds. The number of rotatable bonds is 4. The van der Waals surface area contributed by atoms with E-state index in [0.29, 0.717) is 6.61 Å². The summed E-state index contributed by atoms with van der Waals surface area (Å²) in [6, 6.07) is 20.3. The van der Waals surface area contributed by atoms with Gasteiger partial charge in [0.15, 0.2) is 0 Å². The monoisotopic (exact) mass is 254 g/mol. The van der Waals surface area contributed by atoms with Gasteiger partial charge in [0, 0.05) is 5.92 Å². The molecule has 0 radical (unpaired) electrons. The molecule has 1 atom stereocenters. The van der Waals surface area contributed by atoms with Crippen molar-refractivity contribution in [2.45, 2.75) is 17.7 Å². The van der Waals surface area contributed by atoms with E-state index in [-0.39, 0.29) is 12.0 Å². The first kappa shape index (κ1) is 12.4. The Morgan fingerprint density at radius 3 is 1.68 bits per heavy atom.